The van der Waals surface area contributed by atoms with Gasteiger partial charge >= 0.3 is 0 Å². The molecule has 3 aromatic rings. The van der Waals surface area contributed by atoms with Gasteiger partial charge in [0.15, 0.2) is 5.96 Å². The second-order valence-electron chi connectivity index (χ2n) is 7.13. The van der Waals surface area contributed by atoms with Gasteiger partial charge in [0, 0.05) is 39.1 Å². The van der Waals surface area contributed by atoms with Crippen LogP contribution in [0.2, 0.25) is 0 Å². The molecule has 3 rings (SSSR count). The molecule has 29 heavy (non-hydrogen) atoms. The van der Waals surface area contributed by atoms with E-state index in [1.54, 1.807) is 7.05 Å². The largest absolute Gasteiger partial charge is 0.352 e. The number of aryl methyl sites for hydroxylation is 3. The smallest absolute Gasteiger partial charge is 0.191 e. The summed E-state index contributed by atoms with van der Waals surface area (Å²) in [6.07, 6.45) is 3.85. The van der Waals surface area contributed by atoms with Gasteiger partial charge in [-0.1, -0.05) is 48.0 Å². The van der Waals surface area contributed by atoms with E-state index in [0.717, 1.165) is 31.4 Å². The first-order valence-corrected chi connectivity index (χ1v) is 9.61. The monoisotopic (exact) mass is 503 g/mol. The highest BCUT2D eigenvalue weighted by Crippen LogP contribution is 2.11. The molecule has 0 radical (unpaired) electrons. The first kappa shape index (κ1) is 22.9. The predicted octanol–water partition coefficient (Wildman–Crippen LogP) is 4.34. The summed E-state index contributed by atoms with van der Waals surface area (Å²) in [4.78, 5) is 8.63. The molecule has 0 unspecified atom stereocenters. The number of imidazole rings is 1. The van der Waals surface area contributed by atoms with Crippen molar-refractivity contribution < 1.29 is 0 Å². The van der Waals surface area contributed by atoms with Crippen LogP contribution >= 0.6 is 24.0 Å². The zero-order valence-electron chi connectivity index (χ0n) is 17.6. The third kappa shape index (κ3) is 6.59. The predicted molar refractivity (Wildman–Crippen MR) is 131 cm³/mol. The number of guanidine groups is 1. The van der Waals surface area contributed by atoms with Crippen LogP contribution in [0.25, 0.3) is 0 Å². The lowest BCUT2D eigenvalue weighted by Gasteiger charge is -2.14. The highest BCUT2D eigenvalue weighted by molar-refractivity contribution is 14.0. The van der Waals surface area contributed by atoms with Gasteiger partial charge in [0.1, 0.15) is 5.82 Å². The molecule has 6 heteroatoms. The van der Waals surface area contributed by atoms with Crippen molar-refractivity contribution in [3.8, 4) is 0 Å². The lowest BCUT2D eigenvalue weighted by atomic mass is 10.1. The van der Waals surface area contributed by atoms with Gasteiger partial charge in [-0.15, -0.1) is 24.0 Å². The Kier molecular flexibility index (Phi) is 8.70. The van der Waals surface area contributed by atoms with Gasteiger partial charge in [-0.2, -0.15) is 0 Å². The molecule has 0 amide bonds. The Balaban J connectivity index is 0.00000300. The number of nitrogens with zero attached hydrogens (tertiary/aromatic N) is 3. The van der Waals surface area contributed by atoms with E-state index in [0.29, 0.717) is 0 Å². The van der Waals surface area contributed by atoms with Crippen LogP contribution < -0.4 is 10.6 Å². The number of aliphatic imine (C=N–C) groups is 1. The first-order valence-electron chi connectivity index (χ1n) is 9.61. The third-order valence-corrected chi connectivity index (χ3v) is 4.90. The van der Waals surface area contributed by atoms with E-state index in [4.69, 9.17) is 0 Å². The van der Waals surface area contributed by atoms with E-state index in [-0.39, 0.29) is 24.0 Å². The van der Waals surface area contributed by atoms with Gasteiger partial charge in [0.2, 0.25) is 0 Å². The number of halogens is 1. The fourth-order valence-electron chi connectivity index (χ4n) is 3.23. The van der Waals surface area contributed by atoms with Crippen molar-refractivity contribution in [2.24, 2.45) is 4.99 Å². The van der Waals surface area contributed by atoms with Crippen molar-refractivity contribution >= 4 is 29.9 Å². The molecule has 0 bridgehead atoms. The molecule has 0 aliphatic rings. The molecule has 2 aromatic carbocycles. The summed E-state index contributed by atoms with van der Waals surface area (Å²) in [5.74, 6) is 1.83. The highest BCUT2D eigenvalue weighted by Gasteiger charge is 2.04. The van der Waals surface area contributed by atoms with Crippen LogP contribution in [0.3, 0.4) is 0 Å². The van der Waals surface area contributed by atoms with E-state index < -0.39 is 0 Å². The Morgan fingerprint density at radius 3 is 2.45 bits per heavy atom. The number of nitrogens with one attached hydrogen (secondary N) is 2. The average molecular weight is 503 g/mol. The number of benzene rings is 2. The summed E-state index contributed by atoms with van der Waals surface area (Å²) in [6, 6.07) is 15.1. The van der Waals surface area contributed by atoms with Gasteiger partial charge in [0.05, 0.1) is 0 Å². The Morgan fingerprint density at radius 2 is 1.76 bits per heavy atom. The maximum absolute atomic E-state index is 4.34. The molecule has 0 aliphatic carbocycles. The number of rotatable bonds is 6. The second-order valence-corrected chi connectivity index (χ2v) is 7.13. The van der Waals surface area contributed by atoms with Crippen molar-refractivity contribution in [1.82, 2.24) is 20.2 Å². The number of hydrogen-bond donors (Lipinski definition) is 2. The van der Waals surface area contributed by atoms with E-state index in [9.17, 15) is 0 Å². The summed E-state index contributed by atoms with van der Waals surface area (Å²) in [5, 5.41) is 6.81. The highest BCUT2D eigenvalue weighted by atomic mass is 127. The van der Waals surface area contributed by atoms with Crippen molar-refractivity contribution in [3.05, 3.63) is 88.5 Å². The average Bonchev–Trinajstić information content (AvgIpc) is 3.08. The number of aromatic nitrogens is 2. The molecule has 154 valence electrons. The summed E-state index contributed by atoms with van der Waals surface area (Å²) < 4.78 is 2.15. The van der Waals surface area contributed by atoms with Crippen LogP contribution in [-0.2, 0) is 19.6 Å². The van der Waals surface area contributed by atoms with Crippen molar-refractivity contribution in [3.63, 3.8) is 0 Å². The molecule has 0 saturated heterocycles. The fourth-order valence-corrected chi connectivity index (χ4v) is 3.23. The summed E-state index contributed by atoms with van der Waals surface area (Å²) in [6.45, 7) is 8.60. The summed E-state index contributed by atoms with van der Waals surface area (Å²) in [5.41, 5.74) is 6.36. The Hall–Kier alpha value is -2.35. The number of hydrogen-bond acceptors (Lipinski definition) is 2. The minimum atomic E-state index is 0. The lowest BCUT2D eigenvalue weighted by Crippen LogP contribution is -2.36. The molecule has 0 spiro atoms. The summed E-state index contributed by atoms with van der Waals surface area (Å²) >= 11 is 0. The quantitative estimate of drug-likeness (QED) is 0.299. The topological polar surface area (TPSA) is 54.2 Å². The van der Waals surface area contributed by atoms with Crippen LogP contribution in [0.4, 0.5) is 0 Å². The third-order valence-electron chi connectivity index (χ3n) is 4.90. The van der Waals surface area contributed by atoms with Crippen molar-refractivity contribution in [2.45, 2.75) is 40.4 Å². The lowest BCUT2D eigenvalue weighted by molar-refractivity contribution is 0.757. The first-order chi connectivity index (χ1) is 13.5. The molecule has 5 nitrogen and oxygen atoms in total. The van der Waals surface area contributed by atoms with Crippen LogP contribution in [0.15, 0.2) is 59.9 Å². The van der Waals surface area contributed by atoms with Gasteiger partial charge in [0.25, 0.3) is 0 Å². The second kappa shape index (κ2) is 11.0. The molecular formula is C23H30IN5. The van der Waals surface area contributed by atoms with Gasteiger partial charge in [-0.25, -0.2) is 4.98 Å². The molecule has 0 atom stereocenters. The summed E-state index contributed by atoms with van der Waals surface area (Å²) in [7, 11) is 1.80. The normalized spacial score (nSPS) is 11.1. The maximum Gasteiger partial charge on any atom is 0.191 e. The Bertz CT molecular complexity index is 961. The molecule has 2 N–H and O–H groups in total. The van der Waals surface area contributed by atoms with Crippen LogP contribution in [0.1, 0.15) is 33.6 Å². The standard InChI is InChI=1S/C23H29N5.HI/c1-17-8-9-22(18(2)12-17)15-27-23(24-4)26-14-20-6-5-7-21(13-20)16-28-11-10-25-19(28)3;/h5-13H,14-16H2,1-4H3,(H2,24,26,27);1H. The van der Waals surface area contributed by atoms with Crippen LogP contribution in [0.5, 0.6) is 0 Å². The molecule has 0 aliphatic heterocycles. The molecule has 1 aromatic heterocycles. The van der Waals surface area contributed by atoms with Gasteiger partial charge in [-0.05, 0) is 43.0 Å². The SMILES string of the molecule is CN=C(NCc1cccc(Cn2ccnc2C)c1)NCc1ccc(C)cc1C.I. The van der Waals surface area contributed by atoms with Crippen molar-refractivity contribution in [2.75, 3.05) is 7.05 Å². The Labute approximate surface area is 190 Å². The minimum Gasteiger partial charge on any atom is -0.352 e. The van der Waals surface area contributed by atoms with Crippen LogP contribution in [0, 0.1) is 20.8 Å². The molecular weight excluding hydrogens is 473 g/mol. The van der Waals surface area contributed by atoms with Gasteiger partial charge < -0.3 is 15.2 Å². The van der Waals surface area contributed by atoms with E-state index in [1.165, 1.54) is 27.8 Å². The maximum atomic E-state index is 4.34. The Morgan fingerprint density at radius 1 is 1.00 bits per heavy atom. The van der Waals surface area contributed by atoms with E-state index in [2.05, 4.69) is 81.5 Å². The zero-order valence-corrected chi connectivity index (χ0v) is 19.9. The van der Waals surface area contributed by atoms with E-state index in [1.807, 2.05) is 19.3 Å². The van der Waals surface area contributed by atoms with Crippen LogP contribution in [-0.4, -0.2) is 22.6 Å². The molecule has 0 saturated carbocycles. The fraction of sp³-hybridized carbons (Fsp3) is 0.304. The van der Waals surface area contributed by atoms with Gasteiger partial charge in [-0.3, -0.25) is 4.99 Å². The zero-order chi connectivity index (χ0) is 19.9. The van der Waals surface area contributed by atoms with E-state index >= 15 is 0 Å². The minimum absolute atomic E-state index is 0. The molecule has 1 heterocycles. The van der Waals surface area contributed by atoms with Crippen molar-refractivity contribution in [1.29, 1.82) is 0 Å². The molecule has 0 fully saturated rings.